The molecule has 6 nitrogen and oxygen atoms in total. The second-order valence-corrected chi connectivity index (χ2v) is 10.3. The number of carbonyl (C=O) groups excluding carboxylic acids is 1. The molecule has 0 atom stereocenters. The number of aromatic amines is 1. The molecule has 1 aliphatic heterocycles. The highest BCUT2D eigenvalue weighted by Gasteiger charge is 2.34. The van der Waals surface area contributed by atoms with E-state index in [-0.39, 0.29) is 30.1 Å². The van der Waals surface area contributed by atoms with Gasteiger partial charge in [-0.25, -0.2) is 4.98 Å². The van der Waals surface area contributed by atoms with Crippen molar-refractivity contribution >= 4 is 22.6 Å². The van der Waals surface area contributed by atoms with Crippen molar-refractivity contribution in [1.29, 1.82) is 0 Å². The first-order valence-electron chi connectivity index (χ1n) is 14.1. The van der Waals surface area contributed by atoms with E-state index in [1.165, 1.54) is 6.07 Å². The fourth-order valence-corrected chi connectivity index (χ4v) is 4.96. The highest BCUT2D eigenvalue weighted by atomic mass is 19.4. The summed E-state index contributed by atoms with van der Waals surface area (Å²) in [7, 11) is 2.01. The molecule has 41 heavy (non-hydrogen) atoms. The minimum Gasteiger partial charge on any atom is -0.344 e. The van der Waals surface area contributed by atoms with Gasteiger partial charge in [-0.1, -0.05) is 44.2 Å². The Balaban J connectivity index is 0.00000189. The van der Waals surface area contributed by atoms with Crippen LogP contribution in [0.1, 0.15) is 42.7 Å². The van der Waals surface area contributed by atoms with Crippen LogP contribution in [0.2, 0.25) is 0 Å². The topological polar surface area (TPSA) is 64.3 Å². The average Bonchev–Trinajstić information content (AvgIpc) is 3.34. The van der Waals surface area contributed by atoms with E-state index < -0.39 is 11.7 Å². The number of pyridine rings is 1. The van der Waals surface area contributed by atoms with Crippen molar-refractivity contribution in [1.82, 2.24) is 19.8 Å². The first kappa shape index (κ1) is 30.3. The van der Waals surface area contributed by atoms with E-state index in [9.17, 15) is 18.0 Å². The van der Waals surface area contributed by atoms with Gasteiger partial charge in [0.2, 0.25) is 5.91 Å². The van der Waals surface area contributed by atoms with E-state index >= 15 is 0 Å². The van der Waals surface area contributed by atoms with Crippen molar-refractivity contribution in [3.63, 3.8) is 0 Å². The van der Waals surface area contributed by atoms with Gasteiger partial charge in [0.25, 0.3) is 0 Å². The standard InChI is InChI=1S/C30H32F3N5O.C2H6/c1-20-15-24-16-25(18-34-29(24)35-20)22-6-3-21(4-7-22)5-10-28(39)36-26-9-8-23(27(17-26)30(31,32)33)19-38-13-11-37(2)12-14-38;1-2/h3-4,6-9,15-18H,5,10-14,19H2,1-2H3,(H,34,35)(H,36,39);1-2H3. The molecule has 0 spiro atoms. The minimum atomic E-state index is -4.50. The van der Waals surface area contributed by atoms with Crippen LogP contribution in [-0.2, 0) is 23.9 Å². The number of hydrogen-bond acceptors (Lipinski definition) is 4. The molecule has 1 saturated heterocycles. The smallest absolute Gasteiger partial charge is 0.344 e. The molecule has 0 bridgehead atoms. The number of nitrogens with one attached hydrogen (secondary N) is 2. The lowest BCUT2D eigenvalue weighted by Crippen LogP contribution is -2.44. The van der Waals surface area contributed by atoms with Crippen LogP contribution in [0.5, 0.6) is 0 Å². The van der Waals surface area contributed by atoms with Gasteiger partial charge in [0.15, 0.2) is 0 Å². The van der Waals surface area contributed by atoms with Crippen molar-refractivity contribution < 1.29 is 18.0 Å². The van der Waals surface area contributed by atoms with E-state index in [2.05, 4.69) is 32.3 Å². The Bertz CT molecular complexity index is 1450. The number of rotatable bonds is 7. The van der Waals surface area contributed by atoms with Crippen molar-refractivity contribution in [3.05, 3.63) is 83.2 Å². The highest BCUT2D eigenvalue weighted by molar-refractivity contribution is 5.91. The first-order valence-corrected chi connectivity index (χ1v) is 14.1. The zero-order chi connectivity index (χ0) is 29.6. The quantitative estimate of drug-likeness (QED) is 0.256. The fraction of sp³-hybridized carbons (Fsp3) is 0.375. The Morgan fingerprint density at radius 2 is 1.68 bits per heavy atom. The van der Waals surface area contributed by atoms with E-state index in [1.54, 1.807) is 6.07 Å². The molecule has 2 N–H and O–H groups in total. The molecule has 218 valence electrons. The fourth-order valence-electron chi connectivity index (χ4n) is 4.96. The predicted octanol–water partition coefficient (Wildman–Crippen LogP) is 6.90. The van der Waals surface area contributed by atoms with E-state index in [0.717, 1.165) is 65.7 Å². The summed E-state index contributed by atoms with van der Waals surface area (Å²) >= 11 is 0. The lowest BCUT2D eigenvalue weighted by Gasteiger charge is -2.33. The Labute approximate surface area is 239 Å². The van der Waals surface area contributed by atoms with Crippen LogP contribution in [0.3, 0.4) is 0 Å². The van der Waals surface area contributed by atoms with Gasteiger partial charge < -0.3 is 15.2 Å². The Kier molecular flexibility index (Phi) is 9.83. The number of halogens is 3. The summed E-state index contributed by atoms with van der Waals surface area (Å²) < 4.78 is 41.5. The molecule has 2 aromatic heterocycles. The second kappa shape index (κ2) is 13.3. The number of likely N-dealkylation sites (N-methyl/N-ethyl adjacent to an activating group) is 1. The van der Waals surface area contributed by atoms with Crippen LogP contribution in [-0.4, -0.2) is 58.9 Å². The summed E-state index contributed by atoms with van der Waals surface area (Å²) in [5.41, 5.74) is 4.59. The minimum absolute atomic E-state index is 0.160. The monoisotopic (exact) mass is 565 g/mol. The van der Waals surface area contributed by atoms with Gasteiger partial charge in [0.1, 0.15) is 5.65 Å². The zero-order valence-electron chi connectivity index (χ0n) is 24.1. The maximum absolute atomic E-state index is 13.8. The van der Waals surface area contributed by atoms with E-state index in [0.29, 0.717) is 6.42 Å². The number of carbonyl (C=O) groups is 1. The van der Waals surface area contributed by atoms with Crippen LogP contribution < -0.4 is 5.32 Å². The summed E-state index contributed by atoms with van der Waals surface area (Å²) in [6.45, 7) is 9.35. The number of hydrogen-bond donors (Lipinski definition) is 2. The average molecular weight is 566 g/mol. The molecule has 1 aliphatic rings. The Morgan fingerprint density at radius 3 is 2.37 bits per heavy atom. The van der Waals surface area contributed by atoms with Gasteiger partial charge in [-0.3, -0.25) is 9.69 Å². The Hall–Kier alpha value is -3.69. The molecule has 0 aliphatic carbocycles. The largest absolute Gasteiger partial charge is 0.416 e. The van der Waals surface area contributed by atoms with Gasteiger partial charge in [-0.05, 0) is 61.3 Å². The van der Waals surface area contributed by atoms with Crippen LogP contribution in [0.4, 0.5) is 18.9 Å². The molecule has 0 radical (unpaired) electrons. The van der Waals surface area contributed by atoms with E-state index in [4.69, 9.17) is 0 Å². The molecule has 5 rings (SSSR count). The lowest BCUT2D eigenvalue weighted by atomic mass is 10.0. The molecule has 1 fully saturated rings. The van der Waals surface area contributed by atoms with E-state index in [1.807, 2.05) is 63.2 Å². The van der Waals surface area contributed by atoms with Crippen LogP contribution >= 0.6 is 0 Å². The number of anilines is 1. The molecule has 4 aromatic rings. The van der Waals surface area contributed by atoms with Gasteiger partial charge in [-0.2, -0.15) is 13.2 Å². The number of nitrogens with zero attached hydrogens (tertiary/aromatic N) is 3. The third-order valence-electron chi connectivity index (χ3n) is 7.22. The van der Waals surface area contributed by atoms with Crippen molar-refractivity contribution in [2.75, 3.05) is 38.5 Å². The molecular formula is C32H38F3N5O. The van der Waals surface area contributed by atoms with Crippen LogP contribution in [0.15, 0.2) is 60.8 Å². The summed E-state index contributed by atoms with van der Waals surface area (Å²) in [4.78, 5) is 24.5. The number of piperazine rings is 1. The number of H-pyrrole nitrogens is 1. The van der Waals surface area contributed by atoms with Crippen molar-refractivity contribution in [2.24, 2.45) is 0 Å². The molecule has 0 unspecified atom stereocenters. The third-order valence-corrected chi connectivity index (χ3v) is 7.22. The van der Waals surface area contributed by atoms with Crippen molar-refractivity contribution in [2.45, 2.75) is 46.3 Å². The molecule has 3 heterocycles. The molecule has 1 amide bonds. The van der Waals surface area contributed by atoms with Gasteiger partial charge in [0, 0.05) is 67.7 Å². The first-order chi connectivity index (χ1) is 19.6. The number of aromatic nitrogens is 2. The number of amides is 1. The maximum Gasteiger partial charge on any atom is 0.416 e. The molecule has 9 heteroatoms. The zero-order valence-corrected chi connectivity index (χ0v) is 24.1. The molecular weight excluding hydrogens is 527 g/mol. The van der Waals surface area contributed by atoms with Crippen LogP contribution in [0.25, 0.3) is 22.2 Å². The molecule has 0 saturated carbocycles. The normalized spacial score (nSPS) is 14.5. The third kappa shape index (κ3) is 7.95. The van der Waals surface area contributed by atoms with Gasteiger partial charge in [-0.15, -0.1) is 0 Å². The molecule has 2 aromatic carbocycles. The van der Waals surface area contributed by atoms with Gasteiger partial charge in [0.05, 0.1) is 5.56 Å². The number of aryl methyl sites for hydroxylation is 2. The number of fused-ring (bicyclic) bond motifs is 1. The SMILES string of the molecule is CC.Cc1cc2cc(-c3ccc(CCC(=O)Nc4ccc(CN5CCN(C)CC5)c(C(F)(F)F)c4)cc3)cnc2[nH]1. The highest BCUT2D eigenvalue weighted by Crippen LogP contribution is 2.34. The summed E-state index contributed by atoms with van der Waals surface area (Å²) in [6, 6.07) is 16.1. The number of benzene rings is 2. The van der Waals surface area contributed by atoms with Crippen LogP contribution in [0, 0.1) is 6.92 Å². The number of alkyl halides is 3. The lowest BCUT2D eigenvalue weighted by molar-refractivity contribution is -0.138. The maximum atomic E-state index is 13.8. The Morgan fingerprint density at radius 1 is 0.976 bits per heavy atom. The predicted molar refractivity (Wildman–Crippen MR) is 159 cm³/mol. The van der Waals surface area contributed by atoms with Gasteiger partial charge >= 0.3 is 6.18 Å². The van der Waals surface area contributed by atoms with Crippen molar-refractivity contribution in [3.8, 4) is 11.1 Å². The summed E-state index contributed by atoms with van der Waals surface area (Å²) in [5.74, 6) is -0.323. The second-order valence-electron chi connectivity index (χ2n) is 10.3. The summed E-state index contributed by atoms with van der Waals surface area (Å²) in [5, 5.41) is 3.70. The summed E-state index contributed by atoms with van der Waals surface area (Å²) in [6.07, 6.45) is -2.02.